The number of non-ortho nitro benzene ring substituents is 2. The van der Waals surface area contributed by atoms with Crippen LogP contribution >= 0.6 is 0 Å². The SMILES string of the molecule is O=[N+]([O-])c1ccc(S(=O)(=O)Nc2ccccc2NS(=O)(=O)c2ccc([N+](=O)[O-])cc2)cc1. The van der Waals surface area contributed by atoms with Gasteiger partial charge in [-0.15, -0.1) is 0 Å². The van der Waals surface area contributed by atoms with Gasteiger partial charge in [-0.25, -0.2) is 16.8 Å². The first-order chi connectivity index (χ1) is 15.0. The van der Waals surface area contributed by atoms with Crippen LogP contribution in [0.2, 0.25) is 0 Å². The third-order valence-electron chi connectivity index (χ3n) is 4.13. The van der Waals surface area contributed by atoms with Crippen LogP contribution in [-0.4, -0.2) is 26.7 Å². The summed E-state index contributed by atoms with van der Waals surface area (Å²) >= 11 is 0. The zero-order valence-corrected chi connectivity index (χ0v) is 17.5. The molecule has 3 rings (SSSR count). The van der Waals surface area contributed by atoms with Crippen molar-refractivity contribution < 1.29 is 26.7 Å². The summed E-state index contributed by atoms with van der Waals surface area (Å²) in [6, 6.07) is 13.9. The van der Waals surface area contributed by atoms with Gasteiger partial charge in [0.05, 0.1) is 31.0 Å². The molecule has 0 amide bonds. The second-order valence-electron chi connectivity index (χ2n) is 6.26. The Morgan fingerprint density at radius 3 is 1.16 bits per heavy atom. The minimum absolute atomic E-state index is 0.101. The van der Waals surface area contributed by atoms with Crippen molar-refractivity contribution >= 4 is 42.8 Å². The lowest BCUT2D eigenvalue weighted by Crippen LogP contribution is -2.17. The van der Waals surface area contributed by atoms with Crippen molar-refractivity contribution in [3.8, 4) is 0 Å². The van der Waals surface area contributed by atoms with Crippen molar-refractivity contribution in [3.63, 3.8) is 0 Å². The minimum Gasteiger partial charge on any atom is -0.277 e. The Hall–Kier alpha value is -4.04. The molecule has 0 atom stereocenters. The molecule has 3 aromatic carbocycles. The number of sulfonamides is 2. The van der Waals surface area contributed by atoms with E-state index in [-0.39, 0.29) is 32.5 Å². The molecule has 0 unspecified atom stereocenters. The molecular weight excluding hydrogens is 464 g/mol. The van der Waals surface area contributed by atoms with E-state index in [0.717, 1.165) is 48.5 Å². The molecule has 0 bridgehead atoms. The molecule has 0 aliphatic rings. The van der Waals surface area contributed by atoms with Gasteiger partial charge >= 0.3 is 0 Å². The normalized spacial score (nSPS) is 11.5. The van der Waals surface area contributed by atoms with Crippen LogP contribution in [0.25, 0.3) is 0 Å². The predicted octanol–water partition coefficient (Wildman–Crippen LogP) is 3.10. The molecule has 12 nitrogen and oxygen atoms in total. The van der Waals surface area contributed by atoms with Gasteiger partial charge in [-0.05, 0) is 36.4 Å². The molecule has 0 aliphatic carbocycles. The molecule has 0 spiro atoms. The summed E-state index contributed by atoms with van der Waals surface area (Å²) in [5.41, 5.74) is -0.784. The number of nitrogens with one attached hydrogen (secondary N) is 2. The standard InChI is InChI=1S/C18H14N4O8S2/c23-21(24)13-5-9-15(10-6-13)31(27,28)19-17-3-1-2-4-18(17)20-32(29,30)16-11-7-14(8-12-16)22(25)26/h1-12,19-20H. The quantitative estimate of drug-likeness (QED) is 0.366. The van der Waals surface area contributed by atoms with E-state index in [1.165, 1.54) is 24.3 Å². The Morgan fingerprint density at radius 1 is 0.562 bits per heavy atom. The Morgan fingerprint density at radius 2 is 0.875 bits per heavy atom. The van der Waals surface area contributed by atoms with Crippen LogP contribution in [-0.2, 0) is 20.0 Å². The molecule has 0 saturated heterocycles. The number of nitro benzene ring substituents is 2. The Balaban J connectivity index is 1.88. The van der Waals surface area contributed by atoms with Gasteiger partial charge in [-0.2, -0.15) is 0 Å². The van der Waals surface area contributed by atoms with Crippen molar-refractivity contribution in [2.75, 3.05) is 9.44 Å². The lowest BCUT2D eigenvalue weighted by molar-refractivity contribution is -0.385. The lowest BCUT2D eigenvalue weighted by atomic mass is 10.3. The maximum Gasteiger partial charge on any atom is 0.269 e. The highest BCUT2D eigenvalue weighted by atomic mass is 32.2. The molecular formula is C18H14N4O8S2. The first-order valence-electron chi connectivity index (χ1n) is 8.63. The van der Waals surface area contributed by atoms with Crippen molar-refractivity contribution in [2.24, 2.45) is 0 Å². The maximum absolute atomic E-state index is 12.6. The summed E-state index contributed by atoms with van der Waals surface area (Å²) in [5.74, 6) is 0. The van der Waals surface area contributed by atoms with Crippen LogP contribution < -0.4 is 9.44 Å². The highest BCUT2D eigenvalue weighted by molar-refractivity contribution is 7.93. The highest BCUT2D eigenvalue weighted by Crippen LogP contribution is 2.28. The number of anilines is 2. The molecule has 0 heterocycles. The monoisotopic (exact) mass is 478 g/mol. The van der Waals surface area contributed by atoms with Gasteiger partial charge in [0, 0.05) is 24.3 Å². The smallest absolute Gasteiger partial charge is 0.269 e. The zero-order chi connectivity index (χ0) is 23.5. The van der Waals surface area contributed by atoms with E-state index in [1.807, 2.05) is 0 Å². The molecule has 166 valence electrons. The van der Waals surface area contributed by atoms with Crippen LogP contribution in [0, 0.1) is 20.2 Å². The number of benzene rings is 3. The van der Waals surface area contributed by atoms with Gasteiger partial charge in [-0.1, -0.05) is 12.1 Å². The molecule has 14 heteroatoms. The minimum atomic E-state index is -4.20. The second kappa shape index (κ2) is 8.60. The van der Waals surface area contributed by atoms with Crippen molar-refractivity contribution in [2.45, 2.75) is 9.79 Å². The fourth-order valence-electron chi connectivity index (χ4n) is 2.56. The number of hydrogen-bond acceptors (Lipinski definition) is 8. The number of para-hydroxylation sites is 2. The third kappa shape index (κ3) is 4.98. The summed E-state index contributed by atoms with van der Waals surface area (Å²) in [7, 11) is -8.39. The molecule has 0 aromatic heterocycles. The van der Waals surface area contributed by atoms with Gasteiger partial charge in [0.15, 0.2) is 0 Å². The second-order valence-corrected chi connectivity index (χ2v) is 9.62. The van der Waals surface area contributed by atoms with Crippen LogP contribution in [0.3, 0.4) is 0 Å². The van der Waals surface area contributed by atoms with E-state index in [0.29, 0.717) is 0 Å². The Bertz CT molecular complexity index is 1280. The van der Waals surface area contributed by atoms with Crippen LogP contribution in [0.15, 0.2) is 82.6 Å². The molecule has 0 saturated carbocycles. The predicted molar refractivity (Wildman–Crippen MR) is 114 cm³/mol. The topological polar surface area (TPSA) is 179 Å². The Labute approximate surface area is 181 Å². The molecule has 0 aliphatic heterocycles. The van der Waals surface area contributed by atoms with Crippen LogP contribution in [0.4, 0.5) is 22.7 Å². The van der Waals surface area contributed by atoms with E-state index < -0.39 is 29.9 Å². The average Bonchev–Trinajstić information content (AvgIpc) is 2.75. The lowest BCUT2D eigenvalue weighted by Gasteiger charge is -2.14. The number of rotatable bonds is 8. The summed E-state index contributed by atoms with van der Waals surface area (Å²) in [5, 5.41) is 21.5. The summed E-state index contributed by atoms with van der Waals surface area (Å²) in [4.78, 5) is 19.6. The number of nitrogens with zero attached hydrogens (tertiary/aromatic N) is 2. The first kappa shape index (κ1) is 22.6. The number of nitro groups is 2. The molecule has 0 radical (unpaired) electrons. The van der Waals surface area contributed by atoms with Gasteiger partial charge in [0.1, 0.15) is 0 Å². The van der Waals surface area contributed by atoms with Gasteiger partial charge in [0.25, 0.3) is 31.4 Å². The summed E-state index contributed by atoms with van der Waals surface area (Å²) in [6.07, 6.45) is 0. The first-order valence-corrected chi connectivity index (χ1v) is 11.6. The van der Waals surface area contributed by atoms with E-state index in [4.69, 9.17) is 0 Å². The fraction of sp³-hybridized carbons (Fsp3) is 0. The zero-order valence-electron chi connectivity index (χ0n) is 15.9. The van der Waals surface area contributed by atoms with Gasteiger partial charge < -0.3 is 0 Å². The fourth-order valence-corrected chi connectivity index (χ4v) is 4.72. The summed E-state index contributed by atoms with van der Waals surface area (Å²) in [6.45, 7) is 0. The molecule has 2 N–H and O–H groups in total. The van der Waals surface area contributed by atoms with Gasteiger partial charge in [0.2, 0.25) is 0 Å². The van der Waals surface area contributed by atoms with Crippen LogP contribution in [0.5, 0.6) is 0 Å². The van der Waals surface area contributed by atoms with Gasteiger partial charge in [-0.3, -0.25) is 29.7 Å². The summed E-state index contributed by atoms with van der Waals surface area (Å²) < 4.78 is 55.1. The molecule has 0 fully saturated rings. The Kier molecular flexibility index (Phi) is 6.09. The average molecular weight is 478 g/mol. The van der Waals surface area contributed by atoms with E-state index in [1.54, 1.807) is 0 Å². The molecule has 32 heavy (non-hydrogen) atoms. The van der Waals surface area contributed by atoms with Crippen molar-refractivity contribution in [3.05, 3.63) is 93.0 Å². The van der Waals surface area contributed by atoms with E-state index in [9.17, 15) is 37.1 Å². The maximum atomic E-state index is 12.6. The highest BCUT2D eigenvalue weighted by Gasteiger charge is 2.21. The van der Waals surface area contributed by atoms with E-state index in [2.05, 4.69) is 9.44 Å². The van der Waals surface area contributed by atoms with Crippen molar-refractivity contribution in [1.29, 1.82) is 0 Å². The van der Waals surface area contributed by atoms with Crippen molar-refractivity contribution in [1.82, 2.24) is 0 Å². The van der Waals surface area contributed by atoms with Crippen LogP contribution in [0.1, 0.15) is 0 Å². The number of hydrogen-bond donors (Lipinski definition) is 2. The largest absolute Gasteiger partial charge is 0.277 e. The van der Waals surface area contributed by atoms with E-state index >= 15 is 0 Å². The molecule has 3 aromatic rings. The third-order valence-corrected chi connectivity index (χ3v) is 6.89.